The van der Waals surface area contributed by atoms with Gasteiger partial charge >= 0.3 is 6.18 Å². The maximum Gasteiger partial charge on any atom is 0.433 e. The average Bonchev–Trinajstić information content (AvgIpc) is 3.23. The number of benzene rings is 1. The van der Waals surface area contributed by atoms with E-state index < -0.39 is 23.7 Å². The molecule has 2 amide bonds. The first kappa shape index (κ1) is 22.5. The summed E-state index contributed by atoms with van der Waals surface area (Å²) in [6.45, 7) is 3.37. The number of carbonyl (C=O) groups excluding carboxylic acids is 2. The first-order valence-corrected chi connectivity index (χ1v) is 10.5. The van der Waals surface area contributed by atoms with Gasteiger partial charge in [-0.1, -0.05) is 30.3 Å². The Hall–Kier alpha value is -3.73. The number of carbonyl (C=O) groups is 2. The van der Waals surface area contributed by atoms with Crippen molar-refractivity contribution in [2.45, 2.75) is 20.0 Å². The highest BCUT2D eigenvalue weighted by Gasteiger charge is 2.35. The average molecular weight is 473 g/mol. The predicted octanol–water partition coefficient (Wildman–Crippen LogP) is 4.68. The van der Waals surface area contributed by atoms with Crippen LogP contribution in [-0.2, 0) is 13.2 Å². The topological polar surface area (TPSA) is 103 Å². The van der Waals surface area contributed by atoms with Crippen LogP contribution in [0.4, 0.5) is 18.9 Å². The number of rotatable bonds is 4. The number of nitrogens with one attached hydrogen (secondary N) is 1. The van der Waals surface area contributed by atoms with Crippen LogP contribution < -0.4 is 11.1 Å². The lowest BCUT2D eigenvalue weighted by atomic mass is 10.0. The summed E-state index contributed by atoms with van der Waals surface area (Å²) in [4.78, 5) is 28.9. The molecule has 0 saturated heterocycles. The molecule has 0 aliphatic heterocycles. The molecule has 0 atom stereocenters. The van der Waals surface area contributed by atoms with Gasteiger partial charge in [0.15, 0.2) is 0 Å². The number of halogens is 3. The van der Waals surface area contributed by atoms with E-state index in [9.17, 15) is 22.8 Å². The summed E-state index contributed by atoms with van der Waals surface area (Å²) in [7, 11) is 1.68. The van der Waals surface area contributed by atoms with Crippen molar-refractivity contribution >= 4 is 39.1 Å². The van der Waals surface area contributed by atoms with Gasteiger partial charge in [0, 0.05) is 18.1 Å². The minimum atomic E-state index is -4.71. The van der Waals surface area contributed by atoms with Crippen LogP contribution in [0.1, 0.15) is 37.1 Å². The van der Waals surface area contributed by atoms with Crippen LogP contribution in [0, 0.1) is 13.8 Å². The van der Waals surface area contributed by atoms with Crippen molar-refractivity contribution in [1.29, 1.82) is 0 Å². The summed E-state index contributed by atoms with van der Waals surface area (Å²) in [6.07, 6.45) is -4.71. The van der Waals surface area contributed by atoms with Crippen LogP contribution in [0.3, 0.4) is 0 Å². The van der Waals surface area contributed by atoms with E-state index in [1.807, 2.05) is 0 Å². The number of anilines is 1. The summed E-state index contributed by atoms with van der Waals surface area (Å²) in [5, 5.41) is 7.11. The fourth-order valence-corrected chi connectivity index (χ4v) is 4.67. The molecule has 0 radical (unpaired) electrons. The van der Waals surface area contributed by atoms with Crippen LogP contribution in [-0.4, -0.2) is 26.6 Å². The van der Waals surface area contributed by atoms with E-state index >= 15 is 0 Å². The van der Waals surface area contributed by atoms with Crippen LogP contribution in [0.25, 0.3) is 21.3 Å². The first-order valence-electron chi connectivity index (χ1n) is 9.70. The number of nitrogens with two attached hydrogens (primary N) is 1. The van der Waals surface area contributed by atoms with Crippen molar-refractivity contribution in [3.05, 3.63) is 63.9 Å². The van der Waals surface area contributed by atoms with Gasteiger partial charge in [-0.05, 0) is 31.0 Å². The minimum absolute atomic E-state index is 0.0234. The maximum absolute atomic E-state index is 13.6. The van der Waals surface area contributed by atoms with E-state index in [1.54, 1.807) is 51.2 Å². The Labute approximate surface area is 190 Å². The molecule has 3 aromatic heterocycles. The Bertz CT molecular complexity index is 1410. The van der Waals surface area contributed by atoms with Crippen molar-refractivity contribution in [3.63, 3.8) is 0 Å². The number of nitrogens with zero attached hydrogens (tertiary/aromatic N) is 3. The van der Waals surface area contributed by atoms with Gasteiger partial charge < -0.3 is 11.1 Å². The van der Waals surface area contributed by atoms with Crippen molar-refractivity contribution in [2.24, 2.45) is 12.8 Å². The third-order valence-corrected chi connectivity index (χ3v) is 6.33. The summed E-state index contributed by atoms with van der Waals surface area (Å²) in [5.41, 5.74) is 6.43. The number of primary amides is 1. The van der Waals surface area contributed by atoms with Crippen LogP contribution >= 0.6 is 11.3 Å². The number of hydrogen-bond acceptors (Lipinski definition) is 5. The summed E-state index contributed by atoms with van der Waals surface area (Å²) in [6, 6.07) is 9.26. The molecule has 33 heavy (non-hydrogen) atoms. The molecule has 11 heteroatoms. The number of thiophene rings is 1. The zero-order valence-electron chi connectivity index (χ0n) is 17.7. The number of hydrogen-bond donors (Lipinski definition) is 2. The summed E-state index contributed by atoms with van der Waals surface area (Å²) >= 11 is 0.701. The quantitative estimate of drug-likeness (QED) is 0.449. The van der Waals surface area contributed by atoms with Crippen molar-refractivity contribution in [2.75, 3.05) is 5.32 Å². The number of fused-ring (bicyclic) bond motifs is 1. The van der Waals surface area contributed by atoms with E-state index in [0.29, 0.717) is 33.9 Å². The molecule has 4 rings (SSSR count). The number of alkyl halides is 3. The Morgan fingerprint density at radius 2 is 1.82 bits per heavy atom. The number of pyridine rings is 1. The molecule has 170 valence electrons. The third-order valence-electron chi connectivity index (χ3n) is 5.24. The standard InChI is InChI=1S/C22H18F3N5O2S/c1-10-15(11(2)30(3)29-10)20(32)28-17-16-13(12-7-5-4-6-8-12)9-14(22(23,24)25)27-21(16)33-18(17)19(26)31/h4-9H,1-3H3,(H2,26,31)(H,28,32). The van der Waals surface area contributed by atoms with Gasteiger partial charge in [-0.3, -0.25) is 14.3 Å². The highest BCUT2D eigenvalue weighted by Crippen LogP contribution is 2.43. The Kier molecular flexibility index (Phi) is 5.44. The van der Waals surface area contributed by atoms with Gasteiger partial charge in [0.1, 0.15) is 15.4 Å². The predicted molar refractivity (Wildman–Crippen MR) is 119 cm³/mol. The van der Waals surface area contributed by atoms with Gasteiger partial charge in [0.25, 0.3) is 11.8 Å². The van der Waals surface area contributed by atoms with Gasteiger partial charge in [0.05, 0.1) is 16.9 Å². The molecule has 4 aromatic rings. The van der Waals surface area contributed by atoms with E-state index in [0.717, 1.165) is 6.07 Å². The molecule has 0 fully saturated rings. The van der Waals surface area contributed by atoms with Crippen molar-refractivity contribution in [3.8, 4) is 11.1 Å². The van der Waals surface area contributed by atoms with Crippen LogP contribution in [0.2, 0.25) is 0 Å². The van der Waals surface area contributed by atoms with Gasteiger partial charge in [-0.25, -0.2) is 4.98 Å². The van der Waals surface area contributed by atoms with E-state index in [4.69, 9.17) is 5.73 Å². The highest BCUT2D eigenvalue weighted by atomic mass is 32.1. The molecule has 0 aliphatic rings. The fraction of sp³-hybridized carbons (Fsp3) is 0.182. The van der Waals surface area contributed by atoms with E-state index in [1.165, 1.54) is 4.68 Å². The Morgan fingerprint density at radius 1 is 1.15 bits per heavy atom. The molecular formula is C22H18F3N5O2S. The molecule has 1 aromatic carbocycles. The van der Waals surface area contributed by atoms with Crippen molar-refractivity contribution < 1.29 is 22.8 Å². The molecule has 0 spiro atoms. The Balaban J connectivity index is 2.00. The van der Waals surface area contributed by atoms with Crippen LogP contribution in [0.15, 0.2) is 36.4 Å². The molecule has 0 bridgehead atoms. The monoisotopic (exact) mass is 473 g/mol. The summed E-state index contributed by atoms with van der Waals surface area (Å²) < 4.78 is 42.3. The third kappa shape index (κ3) is 3.95. The lowest BCUT2D eigenvalue weighted by Gasteiger charge is -2.12. The second-order valence-corrected chi connectivity index (χ2v) is 8.39. The molecule has 0 unspecified atom stereocenters. The van der Waals surface area contributed by atoms with Gasteiger partial charge in [-0.2, -0.15) is 18.3 Å². The molecule has 0 aliphatic carbocycles. The number of aromatic nitrogens is 3. The minimum Gasteiger partial charge on any atom is -0.365 e. The first-order chi connectivity index (χ1) is 15.5. The second kappa shape index (κ2) is 8.00. The lowest BCUT2D eigenvalue weighted by Crippen LogP contribution is -2.18. The molecule has 3 N–H and O–H groups in total. The van der Waals surface area contributed by atoms with Gasteiger partial charge in [-0.15, -0.1) is 11.3 Å². The van der Waals surface area contributed by atoms with Crippen molar-refractivity contribution in [1.82, 2.24) is 14.8 Å². The second-order valence-electron chi connectivity index (χ2n) is 7.39. The largest absolute Gasteiger partial charge is 0.433 e. The van der Waals surface area contributed by atoms with Gasteiger partial charge in [0.2, 0.25) is 0 Å². The maximum atomic E-state index is 13.6. The lowest BCUT2D eigenvalue weighted by molar-refractivity contribution is -0.140. The molecular weight excluding hydrogens is 455 g/mol. The molecule has 7 nitrogen and oxygen atoms in total. The zero-order chi connectivity index (χ0) is 24.1. The smallest absolute Gasteiger partial charge is 0.365 e. The highest BCUT2D eigenvalue weighted by molar-refractivity contribution is 7.21. The summed E-state index contributed by atoms with van der Waals surface area (Å²) in [5.74, 6) is -1.44. The number of amides is 2. The molecule has 0 saturated carbocycles. The normalized spacial score (nSPS) is 11.7. The molecule has 3 heterocycles. The zero-order valence-corrected chi connectivity index (χ0v) is 18.6. The van der Waals surface area contributed by atoms with Crippen LogP contribution in [0.5, 0.6) is 0 Å². The Morgan fingerprint density at radius 3 is 2.36 bits per heavy atom. The SMILES string of the molecule is Cc1nn(C)c(C)c1C(=O)Nc1c(C(N)=O)sc2nc(C(F)(F)F)cc(-c3ccccc3)c12. The number of aryl methyl sites for hydroxylation is 2. The van der Waals surface area contributed by atoms with E-state index in [-0.39, 0.29) is 26.3 Å². The fourth-order valence-electron chi connectivity index (χ4n) is 3.66. The van der Waals surface area contributed by atoms with E-state index in [2.05, 4.69) is 15.4 Å².